The molecule has 0 amide bonds. The Labute approximate surface area is 149 Å². The van der Waals surface area contributed by atoms with Gasteiger partial charge in [-0.2, -0.15) is 5.26 Å². The molecule has 2 rings (SSSR count). The lowest BCUT2D eigenvalue weighted by Crippen LogP contribution is -2.09. The number of esters is 1. The Morgan fingerprint density at radius 1 is 1.24 bits per heavy atom. The van der Waals surface area contributed by atoms with E-state index in [1.54, 1.807) is 6.20 Å². The number of carbonyl (C=O) groups is 1. The van der Waals surface area contributed by atoms with Crippen LogP contribution in [0.5, 0.6) is 0 Å². The molecule has 0 spiro atoms. The highest BCUT2D eigenvalue weighted by Crippen LogP contribution is 2.29. The van der Waals surface area contributed by atoms with Crippen LogP contribution in [0.15, 0.2) is 6.20 Å². The molecule has 136 valence electrons. The van der Waals surface area contributed by atoms with Crippen molar-refractivity contribution in [2.24, 2.45) is 0 Å². The highest BCUT2D eigenvalue weighted by atomic mass is 16.5. The quantitative estimate of drug-likeness (QED) is 0.761. The molecule has 0 unspecified atom stereocenters. The van der Waals surface area contributed by atoms with Crippen molar-refractivity contribution < 1.29 is 9.53 Å². The number of fused-ring (bicyclic) bond motifs is 1. The van der Waals surface area contributed by atoms with Crippen molar-refractivity contribution in [2.45, 2.75) is 66.3 Å². The SMILES string of the molecule is CC.COC(=O)CCn1cc(C#N)c2c(C(C)C)nc(C(C)C)nc21. The summed E-state index contributed by atoms with van der Waals surface area (Å²) in [6.45, 7) is 12.6. The molecule has 6 heteroatoms. The Hall–Kier alpha value is -2.42. The zero-order chi connectivity index (χ0) is 19.1. The zero-order valence-corrected chi connectivity index (χ0v) is 16.3. The Balaban J connectivity index is 0.00000151. The molecule has 0 bridgehead atoms. The lowest BCUT2D eigenvalue weighted by Gasteiger charge is -2.12. The first-order chi connectivity index (χ1) is 11.9. The van der Waals surface area contributed by atoms with E-state index in [1.807, 2.05) is 32.3 Å². The fraction of sp³-hybridized carbons (Fsp3) is 0.579. The highest BCUT2D eigenvalue weighted by molar-refractivity contribution is 5.86. The van der Waals surface area contributed by atoms with Crippen LogP contribution in [-0.4, -0.2) is 27.6 Å². The predicted octanol–water partition coefficient (Wildman–Crippen LogP) is 4.14. The van der Waals surface area contributed by atoms with Gasteiger partial charge in [0, 0.05) is 18.7 Å². The van der Waals surface area contributed by atoms with E-state index in [0.29, 0.717) is 17.8 Å². The molecule has 0 saturated carbocycles. The second kappa shape index (κ2) is 9.16. The standard InChI is InChI=1S/C17H22N4O2.C2H6/c1-10(2)15-14-12(8-18)9-21(7-6-13(22)23-5)17(14)20-16(19-15)11(3)4;1-2/h9-11H,6-7H2,1-5H3;1-2H3. The summed E-state index contributed by atoms with van der Waals surface area (Å²) < 4.78 is 6.54. The van der Waals surface area contributed by atoms with Crippen LogP contribution in [0.1, 0.15) is 76.9 Å². The smallest absolute Gasteiger partial charge is 0.307 e. The number of aryl methyl sites for hydroxylation is 1. The average Bonchev–Trinajstić information content (AvgIpc) is 2.98. The highest BCUT2D eigenvalue weighted by Gasteiger charge is 2.20. The van der Waals surface area contributed by atoms with Gasteiger partial charge in [0.1, 0.15) is 17.5 Å². The molecule has 2 aromatic heterocycles. The first-order valence-corrected chi connectivity index (χ1v) is 8.76. The number of rotatable bonds is 5. The Morgan fingerprint density at radius 3 is 2.36 bits per heavy atom. The molecule has 0 fully saturated rings. The summed E-state index contributed by atoms with van der Waals surface area (Å²) in [4.78, 5) is 20.7. The summed E-state index contributed by atoms with van der Waals surface area (Å²) in [7, 11) is 1.37. The zero-order valence-electron chi connectivity index (χ0n) is 16.3. The van der Waals surface area contributed by atoms with Gasteiger partial charge in [-0.25, -0.2) is 9.97 Å². The minimum absolute atomic E-state index is 0.182. The van der Waals surface area contributed by atoms with Gasteiger partial charge in [0.05, 0.1) is 30.2 Å². The molecule has 0 aliphatic rings. The maximum Gasteiger partial charge on any atom is 0.307 e. The van der Waals surface area contributed by atoms with Gasteiger partial charge in [-0.15, -0.1) is 0 Å². The molecular weight excluding hydrogens is 316 g/mol. The van der Waals surface area contributed by atoms with Crippen molar-refractivity contribution in [3.8, 4) is 6.07 Å². The second-order valence-electron chi connectivity index (χ2n) is 6.15. The van der Waals surface area contributed by atoms with Crippen LogP contribution in [-0.2, 0) is 16.1 Å². The Bertz CT molecular complexity index is 770. The van der Waals surface area contributed by atoms with Gasteiger partial charge in [-0.1, -0.05) is 41.5 Å². The van der Waals surface area contributed by atoms with Gasteiger partial charge in [-0.05, 0) is 5.92 Å². The molecule has 0 saturated heterocycles. The first-order valence-electron chi connectivity index (χ1n) is 8.76. The van der Waals surface area contributed by atoms with Crippen molar-refractivity contribution in [3.05, 3.63) is 23.3 Å². The van der Waals surface area contributed by atoms with Gasteiger partial charge < -0.3 is 9.30 Å². The summed E-state index contributed by atoms with van der Waals surface area (Å²) in [6.07, 6.45) is 1.99. The first kappa shape index (κ1) is 20.6. The largest absolute Gasteiger partial charge is 0.469 e. The van der Waals surface area contributed by atoms with Crippen LogP contribution >= 0.6 is 0 Å². The maximum atomic E-state index is 11.4. The molecule has 0 atom stereocenters. The van der Waals surface area contributed by atoms with Crippen LogP contribution in [0.3, 0.4) is 0 Å². The van der Waals surface area contributed by atoms with Gasteiger partial charge in [0.2, 0.25) is 0 Å². The lowest BCUT2D eigenvalue weighted by molar-refractivity contribution is -0.140. The van der Waals surface area contributed by atoms with Crippen LogP contribution in [0.4, 0.5) is 0 Å². The number of nitrogens with zero attached hydrogens (tertiary/aromatic N) is 4. The summed E-state index contributed by atoms with van der Waals surface area (Å²) in [5.74, 6) is 0.837. The minimum atomic E-state index is -0.285. The number of nitriles is 1. The molecule has 2 aromatic rings. The van der Waals surface area contributed by atoms with Crippen LogP contribution in [0.25, 0.3) is 11.0 Å². The number of methoxy groups -OCH3 is 1. The van der Waals surface area contributed by atoms with Gasteiger partial charge in [0.15, 0.2) is 0 Å². The summed E-state index contributed by atoms with van der Waals surface area (Å²) in [5, 5.41) is 10.2. The molecule has 2 heterocycles. The Morgan fingerprint density at radius 2 is 1.88 bits per heavy atom. The average molecular weight is 344 g/mol. The summed E-state index contributed by atoms with van der Waals surface area (Å²) >= 11 is 0. The van der Waals surface area contributed by atoms with E-state index in [4.69, 9.17) is 4.74 Å². The fourth-order valence-electron chi connectivity index (χ4n) is 2.48. The Kier molecular flexibility index (Phi) is 7.56. The third kappa shape index (κ3) is 4.56. The molecular formula is C19H28N4O2. The van der Waals surface area contributed by atoms with Crippen molar-refractivity contribution >= 4 is 17.0 Å². The molecule has 0 radical (unpaired) electrons. The van der Waals surface area contributed by atoms with Crippen LogP contribution in [0, 0.1) is 11.3 Å². The monoisotopic (exact) mass is 344 g/mol. The van der Waals surface area contributed by atoms with Crippen molar-refractivity contribution in [2.75, 3.05) is 7.11 Å². The third-order valence-corrected chi connectivity index (χ3v) is 3.73. The van der Waals surface area contributed by atoms with E-state index in [0.717, 1.165) is 16.9 Å². The van der Waals surface area contributed by atoms with Crippen molar-refractivity contribution in [1.29, 1.82) is 5.26 Å². The third-order valence-electron chi connectivity index (χ3n) is 3.73. The van der Waals surface area contributed by atoms with Crippen LogP contribution in [0.2, 0.25) is 0 Å². The number of ether oxygens (including phenoxy) is 1. The minimum Gasteiger partial charge on any atom is -0.469 e. The normalized spacial score (nSPS) is 10.6. The summed E-state index contributed by atoms with van der Waals surface area (Å²) in [6, 6.07) is 2.22. The van der Waals surface area contributed by atoms with Gasteiger partial charge >= 0.3 is 5.97 Å². The van der Waals surface area contributed by atoms with Crippen molar-refractivity contribution in [1.82, 2.24) is 14.5 Å². The second-order valence-corrected chi connectivity index (χ2v) is 6.15. The molecule has 25 heavy (non-hydrogen) atoms. The number of hydrogen-bond acceptors (Lipinski definition) is 5. The lowest BCUT2D eigenvalue weighted by atomic mass is 10.0. The number of aromatic nitrogens is 3. The van der Waals surface area contributed by atoms with E-state index in [9.17, 15) is 10.1 Å². The molecule has 0 N–H and O–H groups in total. The molecule has 0 aliphatic heterocycles. The van der Waals surface area contributed by atoms with Gasteiger partial charge in [0.25, 0.3) is 0 Å². The van der Waals surface area contributed by atoms with Gasteiger partial charge in [-0.3, -0.25) is 4.79 Å². The number of hydrogen-bond donors (Lipinski definition) is 0. The van der Waals surface area contributed by atoms with E-state index >= 15 is 0 Å². The summed E-state index contributed by atoms with van der Waals surface area (Å²) in [5.41, 5.74) is 2.14. The van der Waals surface area contributed by atoms with E-state index in [1.165, 1.54) is 7.11 Å². The van der Waals surface area contributed by atoms with Crippen LogP contribution < -0.4 is 0 Å². The molecule has 0 aliphatic carbocycles. The number of carbonyl (C=O) groups excluding carboxylic acids is 1. The van der Waals surface area contributed by atoms with E-state index < -0.39 is 0 Å². The molecule has 0 aromatic carbocycles. The fourth-order valence-corrected chi connectivity index (χ4v) is 2.48. The topological polar surface area (TPSA) is 80.8 Å². The molecule has 6 nitrogen and oxygen atoms in total. The predicted molar refractivity (Wildman–Crippen MR) is 98.4 cm³/mol. The van der Waals surface area contributed by atoms with E-state index in [2.05, 4.69) is 29.9 Å². The van der Waals surface area contributed by atoms with Crippen molar-refractivity contribution in [3.63, 3.8) is 0 Å². The van der Waals surface area contributed by atoms with E-state index in [-0.39, 0.29) is 24.2 Å². The maximum absolute atomic E-state index is 11.4.